The molecular formula is C21H39N5O7S. The van der Waals surface area contributed by atoms with Gasteiger partial charge < -0.3 is 37.6 Å². The molecule has 0 saturated carbocycles. The maximum Gasteiger partial charge on any atom is 0.326 e. The number of nitrogens with one attached hydrogen (secondary N) is 3. The normalized spacial score (nSPS) is 15.3. The number of carboxylic acid groups (broad SMARTS) is 2. The zero-order chi connectivity index (χ0) is 26.3. The highest BCUT2D eigenvalue weighted by molar-refractivity contribution is 7.98. The molecular weight excluding hydrogens is 466 g/mol. The number of thioether (sulfide) groups is 1. The topological polar surface area (TPSA) is 214 Å². The molecule has 5 atom stereocenters. The van der Waals surface area contributed by atoms with Crippen molar-refractivity contribution in [1.29, 1.82) is 0 Å². The molecule has 13 heteroatoms. The summed E-state index contributed by atoms with van der Waals surface area (Å²) in [6, 6.07) is -4.53. The molecule has 5 unspecified atom stereocenters. The van der Waals surface area contributed by atoms with Crippen molar-refractivity contribution in [2.24, 2.45) is 17.4 Å². The molecule has 3 amide bonds. The van der Waals surface area contributed by atoms with Crippen LogP contribution in [0.1, 0.15) is 52.4 Å². The number of amides is 3. The summed E-state index contributed by atoms with van der Waals surface area (Å²) in [5.74, 6) is -4.32. The molecule has 0 heterocycles. The summed E-state index contributed by atoms with van der Waals surface area (Å²) in [7, 11) is 0. The van der Waals surface area contributed by atoms with Crippen LogP contribution in [0.15, 0.2) is 0 Å². The fourth-order valence-electron chi connectivity index (χ4n) is 3.03. The third kappa shape index (κ3) is 12.2. The van der Waals surface area contributed by atoms with Crippen LogP contribution in [0.3, 0.4) is 0 Å². The van der Waals surface area contributed by atoms with Gasteiger partial charge in [0.25, 0.3) is 0 Å². The number of hydrogen-bond acceptors (Lipinski definition) is 8. The second kappa shape index (κ2) is 17.1. The van der Waals surface area contributed by atoms with E-state index in [1.54, 1.807) is 6.92 Å². The number of carbonyl (C=O) groups is 5. The van der Waals surface area contributed by atoms with Gasteiger partial charge in [0.2, 0.25) is 17.7 Å². The molecule has 12 nitrogen and oxygen atoms in total. The molecule has 0 aliphatic heterocycles. The summed E-state index contributed by atoms with van der Waals surface area (Å²) in [6.07, 6.45) is 3.31. The molecule has 0 fully saturated rings. The number of carbonyl (C=O) groups excluding carboxylic acids is 3. The highest BCUT2D eigenvalue weighted by Gasteiger charge is 2.32. The Hall–Kier alpha value is -2.38. The van der Waals surface area contributed by atoms with Crippen LogP contribution in [0, 0.1) is 5.92 Å². The predicted molar refractivity (Wildman–Crippen MR) is 129 cm³/mol. The average Bonchev–Trinajstić information content (AvgIpc) is 2.77. The Labute approximate surface area is 204 Å². The Bertz CT molecular complexity index is 694. The maximum atomic E-state index is 13.0. The first-order valence-electron chi connectivity index (χ1n) is 11.3. The van der Waals surface area contributed by atoms with Crippen LogP contribution < -0.4 is 27.4 Å². The van der Waals surface area contributed by atoms with E-state index < -0.39 is 60.2 Å². The molecule has 0 radical (unpaired) electrons. The van der Waals surface area contributed by atoms with Gasteiger partial charge >= 0.3 is 11.9 Å². The van der Waals surface area contributed by atoms with Gasteiger partial charge in [0.1, 0.15) is 18.1 Å². The highest BCUT2D eigenvalue weighted by atomic mass is 32.2. The first-order chi connectivity index (χ1) is 16.0. The molecule has 0 aromatic rings. The lowest BCUT2D eigenvalue weighted by Gasteiger charge is -2.28. The van der Waals surface area contributed by atoms with Gasteiger partial charge in [-0.15, -0.1) is 0 Å². The van der Waals surface area contributed by atoms with Crippen LogP contribution in [0.25, 0.3) is 0 Å². The van der Waals surface area contributed by atoms with Crippen LogP contribution in [-0.2, 0) is 24.0 Å². The van der Waals surface area contributed by atoms with Gasteiger partial charge in [0.05, 0.1) is 12.5 Å². The molecule has 0 rings (SSSR count). The zero-order valence-electron chi connectivity index (χ0n) is 20.0. The molecule has 0 saturated heterocycles. The summed E-state index contributed by atoms with van der Waals surface area (Å²) in [5, 5.41) is 25.8. The monoisotopic (exact) mass is 505 g/mol. The van der Waals surface area contributed by atoms with E-state index in [4.69, 9.17) is 16.6 Å². The van der Waals surface area contributed by atoms with E-state index >= 15 is 0 Å². The molecule has 0 aliphatic carbocycles. The molecule has 0 aromatic carbocycles. The van der Waals surface area contributed by atoms with Crippen molar-refractivity contribution in [2.45, 2.75) is 76.5 Å². The third-order valence-electron chi connectivity index (χ3n) is 5.33. The quantitative estimate of drug-likeness (QED) is 0.116. The van der Waals surface area contributed by atoms with E-state index in [2.05, 4.69) is 16.0 Å². The number of aliphatic carboxylic acids is 2. The number of nitrogens with two attached hydrogens (primary N) is 2. The van der Waals surface area contributed by atoms with Gasteiger partial charge in [-0.05, 0) is 50.2 Å². The number of carboxylic acids is 2. The van der Waals surface area contributed by atoms with Crippen LogP contribution in [0.4, 0.5) is 0 Å². The van der Waals surface area contributed by atoms with Gasteiger partial charge in [-0.2, -0.15) is 11.8 Å². The first-order valence-corrected chi connectivity index (χ1v) is 12.7. The molecule has 34 heavy (non-hydrogen) atoms. The minimum Gasteiger partial charge on any atom is -0.481 e. The van der Waals surface area contributed by atoms with E-state index in [1.807, 2.05) is 13.2 Å². The van der Waals surface area contributed by atoms with Gasteiger partial charge in [0, 0.05) is 0 Å². The molecule has 0 aliphatic rings. The average molecular weight is 506 g/mol. The second-order valence-corrected chi connectivity index (χ2v) is 9.09. The number of hydrogen-bond donors (Lipinski definition) is 7. The smallest absolute Gasteiger partial charge is 0.326 e. The van der Waals surface area contributed by atoms with Crippen LogP contribution in [0.2, 0.25) is 0 Å². The van der Waals surface area contributed by atoms with Crippen molar-refractivity contribution in [3.05, 3.63) is 0 Å². The van der Waals surface area contributed by atoms with Gasteiger partial charge in [-0.3, -0.25) is 19.2 Å². The van der Waals surface area contributed by atoms with Crippen molar-refractivity contribution < 1.29 is 34.2 Å². The Balaban J connectivity index is 5.47. The Morgan fingerprint density at radius 1 is 0.912 bits per heavy atom. The van der Waals surface area contributed by atoms with E-state index in [0.717, 1.165) is 0 Å². The molecule has 0 bridgehead atoms. The largest absolute Gasteiger partial charge is 0.481 e. The summed E-state index contributed by atoms with van der Waals surface area (Å²) >= 11 is 1.44. The third-order valence-corrected chi connectivity index (χ3v) is 5.97. The fourth-order valence-corrected chi connectivity index (χ4v) is 3.50. The zero-order valence-corrected chi connectivity index (χ0v) is 20.9. The minimum absolute atomic E-state index is 0.202. The lowest BCUT2D eigenvalue weighted by Crippen LogP contribution is -2.58. The van der Waals surface area contributed by atoms with Gasteiger partial charge in [-0.1, -0.05) is 20.3 Å². The van der Waals surface area contributed by atoms with Crippen molar-refractivity contribution in [2.75, 3.05) is 18.6 Å². The van der Waals surface area contributed by atoms with Gasteiger partial charge in [-0.25, -0.2) is 4.79 Å². The standard InChI is InChI=1S/C21H39N5O7S/c1-4-12(2)17(20(31)25-15(21(32)33)7-5-6-9-22)26-19(30)14(8-10-34-3)24-18(29)13(23)11-16(27)28/h12-15,17H,4-11,22-23H2,1-3H3,(H,24,29)(H,25,31)(H,26,30)(H,27,28)(H,32,33). The molecule has 0 aromatic heterocycles. The lowest BCUT2D eigenvalue weighted by molar-refractivity contribution is -0.143. The summed E-state index contributed by atoms with van der Waals surface area (Å²) < 4.78 is 0. The fraction of sp³-hybridized carbons (Fsp3) is 0.762. The van der Waals surface area contributed by atoms with Crippen LogP contribution in [-0.4, -0.2) is 82.6 Å². The Kier molecular flexibility index (Phi) is 15.9. The summed E-state index contributed by atoms with van der Waals surface area (Å²) in [5.41, 5.74) is 11.0. The Morgan fingerprint density at radius 3 is 2.03 bits per heavy atom. The van der Waals surface area contributed by atoms with E-state index in [9.17, 15) is 29.1 Å². The van der Waals surface area contributed by atoms with Crippen molar-refractivity contribution >= 4 is 41.4 Å². The summed E-state index contributed by atoms with van der Waals surface area (Å²) in [6.45, 7) is 3.98. The van der Waals surface area contributed by atoms with Crippen molar-refractivity contribution in [3.8, 4) is 0 Å². The molecule has 196 valence electrons. The first kappa shape index (κ1) is 31.6. The SMILES string of the molecule is CCC(C)C(NC(=O)C(CCSC)NC(=O)C(N)CC(=O)O)C(=O)NC(CCCCN)C(=O)O. The summed E-state index contributed by atoms with van der Waals surface area (Å²) in [4.78, 5) is 60.6. The molecule has 9 N–H and O–H groups in total. The maximum absolute atomic E-state index is 13.0. The highest BCUT2D eigenvalue weighted by Crippen LogP contribution is 2.11. The van der Waals surface area contributed by atoms with Crippen LogP contribution >= 0.6 is 11.8 Å². The van der Waals surface area contributed by atoms with Crippen LogP contribution in [0.5, 0.6) is 0 Å². The lowest BCUT2D eigenvalue weighted by atomic mass is 9.97. The van der Waals surface area contributed by atoms with Crippen molar-refractivity contribution in [3.63, 3.8) is 0 Å². The second-order valence-electron chi connectivity index (χ2n) is 8.10. The van der Waals surface area contributed by atoms with E-state index in [0.29, 0.717) is 31.6 Å². The number of rotatable bonds is 18. The molecule has 0 spiro atoms. The van der Waals surface area contributed by atoms with Crippen molar-refractivity contribution in [1.82, 2.24) is 16.0 Å². The minimum atomic E-state index is -1.33. The van der Waals surface area contributed by atoms with E-state index in [-0.39, 0.29) is 18.8 Å². The Morgan fingerprint density at radius 2 is 1.53 bits per heavy atom. The number of unbranched alkanes of at least 4 members (excludes halogenated alkanes) is 1. The van der Waals surface area contributed by atoms with Gasteiger partial charge in [0.15, 0.2) is 0 Å². The van der Waals surface area contributed by atoms with E-state index in [1.165, 1.54) is 11.8 Å². The predicted octanol–water partition coefficient (Wildman–Crippen LogP) is -0.744.